The molecule has 2 rings (SSSR count). The number of carbonyl (C=O) groups excluding carboxylic acids is 1. The van der Waals surface area contributed by atoms with Crippen molar-refractivity contribution in [1.29, 1.82) is 0 Å². The number of hydrogen-bond acceptors (Lipinski definition) is 2. The van der Waals surface area contributed by atoms with Gasteiger partial charge in [0.25, 0.3) is 5.91 Å². The van der Waals surface area contributed by atoms with Crippen LogP contribution in [0.1, 0.15) is 15.9 Å². The Morgan fingerprint density at radius 2 is 1.85 bits per heavy atom. The molecule has 1 amide bonds. The van der Waals surface area contributed by atoms with Gasteiger partial charge in [-0.15, -0.1) is 0 Å². The number of benzene rings is 2. The predicted molar refractivity (Wildman–Crippen MR) is 83.1 cm³/mol. The SMILES string of the molecule is Cc1ccc(C(=O)NCCOc2ccccc2Br)cc1. The van der Waals surface area contributed by atoms with Crippen molar-refractivity contribution in [2.45, 2.75) is 6.92 Å². The smallest absolute Gasteiger partial charge is 0.251 e. The minimum Gasteiger partial charge on any atom is -0.491 e. The van der Waals surface area contributed by atoms with Crippen LogP contribution in [0.4, 0.5) is 0 Å². The van der Waals surface area contributed by atoms with Crippen molar-refractivity contribution in [3.05, 3.63) is 64.1 Å². The fraction of sp³-hybridized carbons (Fsp3) is 0.188. The molecule has 0 aliphatic heterocycles. The van der Waals surface area contributed by atoms with Gasteiger partial charge in [0.15, 0.2) is 0 Å². The van der Waals surface area contributed by atoms with Gasteiger partial charge in [0.2, 0.25) is 0 Å². The summed E-state index contributed by atoms with van der Waals surface area (Å²) in [6.45, 7) is 2.89. The molecular weight excluding hydrogens is 318 g/mol. The van der Waals surface area contributed by atoms with Gasteiger partial charge in [-0.25, -0.2) is 0 Å². The normalized spacial score (nSPS) is 10.1. The molecular formula is C16H16BrNO2. The number of nitrogens with one attached hydrogen (secondary N) is 1. The van der Waals surface area contributed by atoms with Gasteiger partial charge in [-0.05, 0) is 47.1 Å². The highest BCUT2D eigenvalue weighted by Crippen LogP contribution is 2.23. The Balaban J connectivity index is 1.77. The summed E-state index contributed by atoms with van der Waals surface area (Å²) in [7, 11) is 0. The highest BCUT2D eigenvalue weighted by Gasteiger charge is 2.04. The maximum Gasteiger partial charge on any atom is 0.251 e. The molecule has 1 N–H and O–H groups in total. The van der Waals surface area contributed by atoms with Crippen LogP contribution in [0.25, 0.3) is 0 Å². The van der Waals surface area contributed by atoms with Crippen LogP contribution in [0.2, 0.25) is 0 Å². The Hall–Kier alpha value is -1.81. The van der Waals surface area contributed by atoms with Crippen molar-refractivity contribution in [3.8, 4) is 5.75 Å². The van der Waals surface area contributed by atoms with E-state index in [1.165, 1.54) is 0 Å². The number of aryl methyl sites for hydroxylation is 1. The first kappa shape index (κ1) is 14.6. The maximum absolute atomic E-state index is 11.9. The van der Waals surface area contributed by atoms with Crippen molar-refractivity contribution < 1.29 is 9.53 Å². The molecule has 0 saturated heterocycles. The molecule has 0 unspecified atom stereocenters. The maximum atomic E-state index is 11.9. The fourth-order valence-electron chi connectivity index (χ4n) is 1.69. The molecule has 0 atom stereocenters. The number of ether oxygens (including phenoxy) is 1. The summed E-state index contributed by atoms with van der Waals surface area (Å²) in [6.07, 6.45) is 0. The van der Waals surface area contributed by atoms with Crippen molar-refractivity contribution >= 4 is 21.8 Å². The second-order valence-electron chi connectivity index (χ2n) is 4.40. The first-order valence-corrected chi connectivity index (χ1v) is 7.18. The Kier molecular flexibility index (Phi) is 5.18. The van der Waals surface area contributed by atoms with Crippen LogP contribution in [0.5, 0.6) is 5.75 Å². The Bertz CT molecular complexity index is 581. The summed E-state index contributed by atoms with van der Waals surface area (Å²) < 4.78 is 6.49. The Morgan fingerprint density at radius 1 is 1.15 bits per heavy atom. The van der Waals surface area contributed by atoms with E-state index >= 15 is 0 Å². The second-order valence-corrected chi connectivity index (χ2v) is 5.26. The van der Waals surface area contributed by atoms with Gasteiger partial charge in [0.1, 0.15) is 12.4 Å². The lowest BCUT2D eigenvalue weighted by molar-refractivity contribution is 0.0947. The molecule has 2 aromatic rings. The van der Waals surface area contributed by atoms with Crippen LogP contribution >= 0.6 is 15.9 Å². The first-order chi connectivity index (χ1) is 9.66. The monoisotopic (exact) mass is 333 g/mol. The molecule has 104 valence electrons. The zero-order valence-electron chi connectivity index (χ0n) is 11.2. The highest BCUT2D eigenvalue weighted by atomic mass is 79.9. The Labute approximate surface area is 127 Å². The van der Waals surface area contributed by atoms with Crippen LogP contribution in [-0.2, 0) is 0 Å². The quantitative estimate of drug-likeness (QED) is 0.849. The summed E-state index contributed by atoms with van der Waals surface area (Å²) in [6, 6.07) is 15.1. The standard InChI is InChI=1S/C16H16BrNO2/c1-12-6-8-13(9-7-12)16(19)18-10-11-20-15-5-3-2-4-14(15)17/h2-9H,10-11H2,1H3,(H,18,19). The molecule has 0 bridgehead atoms. The van der Waals surface area contributed by atoms with Crippen molar-refractivity contribution in [3.63, 3.8) is 0 Å². The zero-order chi connectivity index (χ0) is 14.4. The average molecular weight is 334 g/mol. The molecule has 0 saturated carbocycles. The van der Waals surface area contributed by atoms with Gasteiger partial charge in [0.05, 0.1) is 11.0 Å². The molecule has 0 aliphatic carbocycles. The van der Waals surface area contributed by atoms with Gasteiger partial charge in [-0.3, -0.25) is 4.79 Å². The van der Waals surface area contributed by atoms with Crippen molar-refractivity contribution in [2.75, 3.05) is 13.2 Å². The van der Waals surface area contributed by atoms with Crippen LogP contribution in [0, 0.1) is 6.92 Å². The van der Waals surface area contributed by atoms with E-state index in [0.29, 0.717) is 18.7 Å². The number of amides is 1. The van der Waals surface area contributed by atoms with Crippen LogP contribution in [0.15, 0.2) is 53.0 Å². The molecule has 0 fully saturated rings. The molecule has 20 heavy (non-hydrogen) atoms. The number of rotatable bonds is 5. The van der Waals surface area contributed by atoms with E-state index in [-0.39, 0.29) is 5.91 Å². The number of hydrogen-bond donors (Lipinski definition) is 1. The molecule has 2 aromatic carbocycles. The van der Waals surface area contributed by atoms with Gasteiger partial charge < -0.3 is 10.1 Å². The van der Waals surface area contributed by atoms with Gasteiger partial charge in [0, 0.05) is 5.56 Å². The average Bonchev–Trinajstić information content (AvgIpc) is 2.46. The zero-order valence-corrected chi connectivity index (χ0v) is 12.8. The number of carbonyl (C=O) groups is 1. The second kappa shape index (κ2) is 7.10. The first-order valence-electron chi connectivity index (χ1n) is 6.39. The largest absolute Gasteiger partial charge is 0.491 e. The third-order valence-electron chi connectivity index (χ3n) is 2.80. The van der Waals surface area contributed by atoms with Crippen LogP contribution in [-0.4, -0.2) is 19.1 Å². The minimum absolute atomic E-state index is 0.0827. The minimum atomic E-state index is -0.0827. The Morgan fingerprint density at radius 3 is 2.55 bits per heavy atom. The number of para-hydroxylation sites is 1. The molecule has 0 aromatic heterocycles. The van der Waals surface area contributed by atoms with E-state index in [9.17, 15) is 4.79 Å². The molecule has 0 heterocycles. The van der Waals surface area contributed by atoms with Gasteiger partial charge in [-0.2, -0.15) is 0 Å². The van der Waals surface area contributed by atoms with Crippen LogP contribution < -0.4 is 10.1 Å². The number of halogens is 1. The third-order valence-corrected chi connectivity index (χ3v) is 3.45. The molecule has 0 spiro atoms. The summed E-state index contributed by atoms with van der Waals surface area (Å²) >= 11 is 3.41. The van der Waals surface area contributed by atoms with Crippen LogP contribution in [0.3, 0.4) is 0 Å². The predicted octanol–water partition coefficient (Wildman–Crippen LogP) is 3.57. The topological polar surface area (TPSA) is 38.3 Å². The summed E-state index contributed by atoms with van der Waals surface area (Å²) in [5.74, 6) is 0.692. The summed E-state index contributed by atoms with van der Waals surface area (Å²) in [5.41, 5.74) is 1.80. The third kappa shape index (κ3) is 4.10. The lowest BCUT2D eigenvalue weighted by Crippen LogP contribution is -2.28. The molecule has 4 heteroatoms. The van der Waals surface area contributed by atoms with E-state index in [1.54, 1.807) is 0 Å². The molecule has 3 nitrogen and oxygen atoms in total. The van der Waals surface area contributed by atoms with Gasteiger partial charge in [-0.1, -0.05) is 29.8 Å². The summed E-state index contributed by atoms with van der Waals surface area (Å²) in [5, 5.41) is 2.83. The lowest BCUT2D eigenvalue weighted by Gasteiger charge is -2.09. The van der Waals surface area contributed by atoms with E-state index < -0.39 is 0 Å². The van der Waals surface area contributed by atoms with E-state index in [1.807, 2.05) is 55.5 Å². The van der Waals surface area contributed by atoms with Crippen molar-refractivity contribution in [1.82, 2.24) is 5.32 Å². The van der Waals surface area contributed by atoms with E-state index in [0.717, 1.165) is 15.8 Å². The van der Waals surface area contributed by atoms with E-state index in [2.05, 4.69) is 21.2 Å². The lowest BCUT2D eigenvalue weighted by atomic mass is 10.1. The molecule has 0 radical (unpaired) electrons. The highest BCUT2D eigenvalue weighted by molar-refractivity contribution is 9.10. The summed E-state index contributed by atoms with van der Waals surface area (Å²) in [4.78, 5) is 11.9. The van der Waals surface area contributed by atoms with Crippen molar-refractivity contribution in [2.24, 2.45) is 0 Å². The molecule has 0 aliphatic rings. The van der Waals surface area contributed by atoms with Gasteiger partial charge >= 0.3 is 0 Å². The fourth-order valence-corrected chi connectivity index (χ4v) is 2.09. The van der Waals surface area contributed by atoms with E-state index in [4.69, 9.17) is 4.74 Å².